The molecule has 2 aliphatic rings. The van der Waals surface area contributed by atoms with Gasteiger partial charge in [0.2, 0.25) is 0 Å². The van der Waals surface area contributed by atoms with Crippen molar-refractivity contribution in [3.63, 3.8) is 0 Å². The lowest BCUT2D eigenvalue weighted by molar-refractivity contribution is 0.340. The standard InChI is InChI=1S/C21H25NO/c1-14-2-4-15(5-3-14)13-22-21-17-6-7-18(21)11-19-12-20(23)9-8-16(19)10-17/h2-5,8-9,12,17-18,21-23H,6-7,10-11,13H2,1H3. The van der Waals surface area contributed by atoms with Crippen LogP contribution in [0.5, 0.6) is 5.75 Å². The fourth-order valence-corrected chi connectivity index (χ4v) is 4.47. The van der Waals surface area contributed by atoms with Gasteiger partial charge in [-0.3, -0.25) is 0 Å². The van der Waals surface area contributed by atoms with Gasteiger partial charge in [-0.2, -0.15) is 0 Å². The molecule has 0 radical (unpaired) electrons. The minimum atomic E-state index is 0.408. The molecular weight excluding hydrogens is 282 g/mol. The van der Waals surface area contributed by atoms with Crippen molar-refractivity contribution in [2.24, 2.45) is 11.8 Å². The van der Waals surface area contributed by atoms with Gasteiger partial charge in [0.25, 0.3) is 0 Å². The zero-order valence-electron chi connectivity index (χ0n) is 13.8. The molecule has 2 heteroatoms. The van der Waals surface area contributed by atoms with Crippen molar-refractivity contribution >= 4 is 0 Å². The third-order valence-electron chi connectivity index (χ3n) is 5.74. The number of phenols is 1. The van der Waals surface area contributed by atoms with Crippen molar-refractivity contribution in [2.45, 2.75) is 45.2 Å². The second kappa shape index (κ2) is 6.01. The SMILES string of the molecule is Cc1ccc(CNC2C3CCC2Cc2cc(O)ccc2C3)cc1. The van der Waals surface area contributed by atoms with E-state index in [0.29, 0.717) is 17.7 Å². The van der Waals surface area contributed by atoms with Gasteiger partial charge < -0.3 is 10.4 Å². The van der Waals surface area contributed by atoms with Gasteiger partial charge in [0.1, 0.15) is 5.75 Å². The molecule has 2 bridgehead atoms. The van der Waals surface area contributed by atoms with Gasteiger partial charge in [-0.25, -0.2) is 0 Å². The molecule has 0 spiro atoms. The molecule has 2 aliphatic carbocycles. The summed E-state index contributed by atoms with van der Waals surface area (Å²) in [6.45, 7) is 3.09. The van der Waals surface area contributed by atoms with Crippen molar-refractivity contribution in [3.8, 4) is 5.75 Å². The van der Waals surface area contributed by atoms with E-state index in [0.717, 1.165) is 25.3 Å². The molecular formula is C21H25NO. The van der Waals surface area contributed by atoms with Crippen molar-refractivity contribution in [3.05, 3.63) is 64.7 Å². The number of benzene rings is 2. The largest absolute Gasteiger partial charge is 0.508 e. The Morgan fingerprint density at radius 1 is 0.957 bits per heavy atom. The molecule has 0 aromatic heterocycles. The number of aromatic hydroxyl groups is 1. The van der Waals surface area contributed by atoms with Crippen LogP contribution in [-0.2, 0) is 19.4 Å². The van der Waals surface area contributed by atoms with E-state index in [1.54, 1.807) is 0 Å². The Morgan fingerprint density at radius 2 is 1.65 bits per heavy atom. The second-order valence-electron chi connectivity index (χ2n) is 7.35. The van der Waals surface area contributed by atoms with Crippen LogP contribution >= 0.6 is 0 Å². The van der Waals surface area contributed by atoms with E-state index in [2.05, 4.69) is 42.6 Å². The number of nitrogens with one attached hydrogen (secondary N) is 1. The van der Waals surface area contributed by atoms with Crippen LogP contribution < -0.4 is 5.32 Å². The number of hydrogen-bond donors (Lipinski definition) is 2. The zero-order chi connectivity index (χ0) is 15.8. The highest BCUT2D eigenvalue weighted by atomic mass is 16.3. The van der Waals surface area contributed by atoms with Crippen LogP contribution in [0, 0.1) is 18.8 Å². The quantitative estimate of drug-likeness (QED) is 0.899. The Kier molecular flexibility index (Phi) is 3.86. The fourth-order valence-electron chi connectivity index (χ4n) is 4.47. The number of fused-ring (bicyclic) bond motifs is 3. The number of hydrogen-bond acceptors (Lipinski definition) is 2. The maximum Gasteiger partial charge on any atom is 0.115 e. The number of phenolic OH excluding ortho intramolecular Hbond substituents is 1. The van der Waals surface area contributed by atoms with Crippen LogP contribution in [-0.4, -0.2) is 11.1 Å². The van der Waals surface area contributed by atoms with Crippen molar-refractivity contribution < 1.29 is 5.11 Å². The van der Waals surface area contributed by atoms with Gasteiger partial charge in [-0.05, 0) is 73.3 Å². The monoisotopic (exact) mass is 307 g/mol. The van der Waals surface area contributed by atoms with Crippen LogP contribution in [0.3, 0.4) is 0 Å². The summed E-state index contributed by atoms with van der Waals surface area (Å²) in [6.07, 6.45) is 4.89. The molecule has 0 aliphatic heterocycles. The molecule has 120 valence electrons. The van der Waals surface area contributed by atoms with Gasteiger partial charge in [0.05, 0.1) is 0 Å². The number of aryl methyl sites for hydroxylation is 1. The first-order valence-corrected chi connectivity index (χ1v) is 8.79. The maximum atomic E-state index is 9.77. The second-order valence-corrected chi connectivity index (χ2v) is 7.35. The van der Waals surface area contributed by atoms with Crippen LogP contribution in [0.25, 0.3) is 0 Å². The Balaban J connectivity index is 1.49. The van der Waals surface area contributed by atoms with E-state index < -0.39 is 0 Å². The molecule has 4 rings (SSSR count). The predicted molar refractivity (Wildman–Crippen MR) is 93.5 cm³/mol. The van der Waals surface area contributed by atoms with E-state index in [1.807, 2.05) is 12.1 Å². The van der Waals surface area contributed by atoms with Crippen LogP contribution in [0.2, 0.25) is 0 Å². The topological polar surface area (TPSA) is 32.3 Å². The fraction of sp³-hybridized carbons (Fsp3) is 0.429. The first-order chi connectivity index (χ1) is 11.2. The highest BCUT2D eigenvalue weighted by Crippen LogP contribution is 2.40. The molecule has 1 fully saturated rings. The lowest BCUT2D eigenvalue weighted by Crippen LogP contribution is -2.37. The minimum Gasteiger partial charge on any atom is -0.508 e. The van der Waals surface area contributed by atoms with E-state index in [-0.39, 0.29) is 0 Å². The van der Waals surface area contributed by atoms with Gasteiger partial charge in [0, 0.05) is 12.6 Å². The molecule has 2 nitrogen and oxygen atoms in total. The van der Waals surface area contributed by atoms with Gasteiger partial charge in [-0.1, -0.05) is 35.9 Å². The molecule has 3 atom stereocenters. The predicted octanol–water partition coefficient (Wildman–Crippen LogP) is 3.98. The van der Waals surface area contributed by atoms with Gasteiger partial charge in [0.15, 0.2) is 0 Å². The van der Waals surface area contributed by atoms with Crippen LogP contribution in [0.1, 0.15) is 35.1 Å². The van der Waals surface area contributed by atoms with E-state index in [4.69, 9.17) is 0 Å². The van der Waals surface area contributed by atoms with Gasteiger partial charge in [-0.15, -0.1) is 0 Å². The minimum absolute atomic E-state index is 0.408. The van der Waals surface area contributed by atoms with Crippen LogP contribution in [0.15, 0.2) is 42.5 Å². The molecule has 3 unspecified atom stereocenters. The average molecular weight is 307 g/mol. The molecule has 2 aromatic carbocycles. The summed E-state index contributed by atoms with van der Waals surface area (Å²) < 4.78 is 0. The molecule has 2 aromatic rings. The first kappa shape index (κ1) is 14.8. The molecule has 0 heterocycles. The van der Waals surface area contributed by atoms with E-state index >= 15 is 0 Å². The van der Waals surface area contributed by atoms with E-state index in [9.17, 15) is 5.11 Å². The van der Waals surface area contributed by atoms with Crippen molar-refractivity contribution in [1.82, 2.24) is 5.32 Å². The van der Waals surface area contributed by atoms with Crippen molar-refractivity contribution in [1.29, 1.82) is 0 Å². The summed E-state index contributed by atoms with van der Waals surface area (Å²) in [4.78, 5) is 0. The molecule has 23 heavy (non-hydrogen) atoms. The lowest BCUT2D eigenvalue weighted by atomic mass is 9.93. The molecule has 0 amide bonds. The van der Waals surface area contributed by atoms with Crippen molar-refractivity contribution in [2.75, 3.05) is 0 Å². The maximum absolute atomic E-state index is 9.77. The Morgan fingerprint density at radius 3 is 2.39 bits per heavy atom. The summed E-state index contributed by atoms with van der Waals surface area (Å²) in [5.41, 5.74) is 5.49. The molecule has 0 saturated heterocycles. The lowest BCUT2D eigenvalue weighted by Gasteiger charge is -2.24. The Labute approximate surface area is 138 Å². The molecule has 1 saturated carbocycles. The smallest absolute Gasteiger partial charge is 0.115 e. The summed E-state index contributed by atoms with van der Waals surface area (Å²) in [6, 6.07) is 15.4. The summed E-state index contributed by atoms with van der Waals surface area (Å²) in [5, 5.41) is 13.6. The Bertz CT molecular complexity index is 691. The van der Waals surface area contributed by atoms with E-state index in [1.165, 1.54) is 35.1 Å². The third-order valence-corrected chi connectivity index (χ3v) is 5.74. The normalized spacial score (nSPS) is 25.9. The summed E-state index contributed by atoms with van der Waals surface area (Å²) >= 11 is 0. The zero-order valence-corrected chi connectivity index (χ0v) is 13.8. The Hall–Kier alpha value is -1.80. The summed E-state index contributed by atoms with van der Waals surface area (Å²) in [5.74, 6) is 1.84. The average Bonchev–Trinajstić information content (AvgIpc) is 2.82. The highest BCUT2D eigenvalue weighted by Gasteiger charge is 2.38. The number of rotatable bonds is 3. The molecule has 2 N–H and O–H groups in total. The highest BCUT2D eigenvalue weighted by molar-refractivity contribution is 5.37. The third kappa shape index (κ3) is 3.00. The first-order valence-electron chi connectivity index (χ1n) is 8.79. The van der Waals surface area contributed by atoms with Crippen LogP contribution in [0.4, 0.5) is 0 Å². The summed E-state index contributed by atoms with van der Waals surface area (Å²) in [7, 11) is 0. The van der Waals surface area contributed by atoms with Gasteiger partial charge >= 0.3 is 0 Å².